The average Bonchev–Trinajstić information content (AvgIpc) is 2.40. The van der Waals surface area contributed by atoms with E-state index in [-0.39, 0.29) is 11.7 Å². The van der Waals surface area contributed by atoms with E-state index in [1.807, 2.05) is 6.07 Å². The molecule has 0 unspecified atom stereocenters. The van der Waals surface area contributed by atoms with Crippen molar-refractivity contribution in [2.75, 3.05) is 0 Å². The van der Waals surface area contributed by atoms with Crippen molar-refractivity contribution in [3.8, 4) is 0 Å². The molecule has 2 aromatic carbocycles. The average molecular weight is 241 g/mol. The van der Waals surface area contributed by atoms with Gasteiger partial charge in [0.1, 0.15) is 5.82 Å². The number of carbonyl (C=O) groups excluding carboxylic acids is 1. The normalized spacial score (nSPS) is 9.83. The molecule has 0 atom stereocenters. The quantitative estimate of drug-likeness (QED) is 0.878. The van der Waals surface area contributed by atoms with Gasteiger partial charge in [0.25, 0.3) is 5.91 Å². The van der Waals surface area contributed by atoms with Crippen LogP contribution in [0.1, 0.15) is 15.9 Å². The summed E-state index contributed by atoms with van der Waals surface area (Å²) >= 11 is 0. The van der Waals surface area contributed by atoms with Gasteiger partial charge in [0, 0.05) is 11.3 Å². The molecule has 0 aliphatic carbocycles. The summed E-state index contributed by atoms with van der Waals surface area (Å²) < 4.78 is 12.8. The van der Waals surface area contributed by atoms with E-state index in [9.17, 15) is 9.18 Å². The first kappa shape index (κ1) is 12.0. The molecule has 90 valence electrons. The van der Waals surface area contributed by atoms with Crippen molar-refractivity contribution >= 4 is 11.6 Å². The lowest BCUT2D eigenvalue weighted by atomic mass is 10.1. The lowest BCUT2D eigenvalue weighted by Gasteiger charge is -2.08. The lowest BCUT2D eigenvalue weighted by molar-refractivity contribution is 0.0974. The zero-order valence-electron chi connectivity index (χ0n) is 9.69. The van der Waals surface area contributed by atoms with Crippen LogP contribution in [0.3, 0.4) is 0 Å². The Hall–Kier alpha value is -2.42. The Morgan fingerprint density at radius 3 is 2.17 bits per heavy atom. The van der Waals surface area contributed by atoms with Gasteiger partial charge in [0.15, 0.2) is 0 Å². The molecule has 1 N–H and O–H groups in total. The van der Waals surface area contributed by atoms with E-state index in [4.69, 9.17) is 0 Å². The van der Waals surface area contributed by atoms with E-state index < -0.39 is 0 Å². The first-order valence-electron chi connectivity index (χ1n) is 5.48. The molecule has 2 aromatic rings. The zero-order chi connectivity index (χ0) is 13.0. The van der Waals surface area contributed by atoms with Crippen LogP contribution in [0.4, 0.5) is 4.39 Å². The smallest absolute Gasteiger partial charge is 0.255 e. The lowest BCUT2D eigenvalue weighted by Crippen LogP contribution is -2.21. The Kier molecular flexibility index (Phi) is 3.53. The van der Waals surface area contributed by atoms with Crippen LogP contribution in [0.5, 0.6) is 0 Å². The van der Waals surface area contributed by atoms with Crippen LogP contribution in [0, 0.1) is 5.82 Å². The van der Waals surface area contributed by atoms with Crippen molar-refractivity contribution in [2.24, 2.45) is 0 Å². The molecule has 2 rings (SSSR count). The largest absolute Gasteiger partial charge is 0.322 e. The maximum absolute atomic E-state index is 12.8. The summed E-state index contributed by atoms with van der Waals surface area (Å²) in [5, 5.41) is 2.68. The van der Waals surface area contributed by atoms with Crippen molar-refractivity contribution in [1.29, 1.82) is 0 Å². The zero-order valence-corrected chi connectivity index (χ0v) is 9.69. The molecule has 0 fully saturated rings. The number of amides is 1. The second-order valence-electron chi connectivity index (χ2n) is 3.81. The van der Waals surface area contributed by atoms with Gasteiger partial charge in [0.05, 0.1) is 0 Å². The Balaban J connectivity index is 2.08. The fourth-order valence-corrected chi connectivity index (χ4v) is 1.52. The predicted octanol–water partition coefficient (Wildman–Crippen LogP) is 3.23. The third kappa shape index (κ3) is 2.83. The minimum Gasteiger partial charge on any atom is -0.322 e. The van der Waals surface area contributed by atoms with Gasteiger partial charge in [0.2, 0.25) is 0 Å². The molecule has 0 saturated heterocycles. The van der Waals surface area contributed by atoms with Crippen molar-refractivity contribution in [2.45, 2.75) is 0 Å². The molecular formula is C15H12FNO. The highest BCUT2D eigenvalue weighted by atomic mass is 19.1. The van der Waals surface area contributed by atoms with Crippen molar-refractivity contribution in [3.63, 3.8) is 0 Å². The fraction of sp³-hybridized carbons (Fsp3) is 0. The molecule has 0 aliphatic heterocycles. The highest BCUT2D eigenvalue weighted by molar-refractivity contribution is 5.99. The molecule has 1 amide bonds. The van der Waals surface area contributed by atoms with Crippen LogP contribution in [-0.4, -0.2) is 5.91 Å². The second-order valence-corrected chi connectivity index (χ2v) is 3.81. The number of nitrogens with one attached hydrogen (secondary N) is 1. The molecule has 18 heavy (non-hydrogen) atoms. The Morgan fingerprint density at radius 2 is 1.56 bits per heavy atom. The van der Waals surface area contributed by atoms with E-state index in [1.54, 1.807) is 36.4 Å². The topological polar surface area (TPSA) is 29.1 Å². The Morgan fingerprint density at radius 1 is 0.944 bits per heavy atom. The molecule has 0 saturated carbocycles. The molecule has 0 radical (unpaired) electrons. The molecule has 2 nitrogen and oxygen atoms in total. The maximum atomic E-state index is 12.8. The third-order valence-electron chi connectivity index (χ3n) is 2.49. The molecule has 0 bridgehead atoms. The van der Waals surface area contributed by atoms with Crippen LogP contribution >= 0.6 is 0 Å². The highest BCUT2D eigenvalue weighted by Gasteiger charge is 2.07. The SMILES string of the molecule is C=C(NC(=O)c1ccccc1)c1ccc(F)cc1. The van der Waals surface area contributed by atoms with E-state index >= 15 is 0 Å². The highest BCUT2D eigenvalue weighted by Crippen LogP contribution is 2.11. The molecule has 0 aliphatic rings. The van der Waals surface area contributed by atoms with Crippen LogP contribution in [0.15, 0.2) is 61.2 Å². The summed E-state index contributed by atoms with van der Waals surface area (Å²) in [6.45, 7) is 3.77. The van der Waals surface area contributed by atoms with Gasteiger partial charge in [-0.25, -0.2) is 4.39 Å². The van der Waals surface area contributed by atoms with Crippen molar-refractivity contribution in [3.05, 3.63) is 78.1 Å². The van der Waals surface area contributed by atoms with E-state index in [0.29, 0.717) is 16.8 Å². The third-order valence-corrected chi connectivity index (χ3v) is 2.49. The Labute approximate surface area is 105 Å². The van der Waals surface area contributed by atoms with Crippen LogP contribution in [0.2, 0.25) is 0 Å². The van der Waals surface area contributed by atoms with Crippen molar-refractivity contribution in [1.82, 2.24) is 5.32 Å². The molecule has 0 heterocycles. The first-order chi connectivity index (χ1) is 8.66. The number of hydrogen-bond acceptors (Lipinski definition) is 1. The summed E-state index contributed by atoms with van der Waals surface area (Å²) in [6, 6.07) is 14.6. The van der Waals surface area contributed by atoms with Gasteiger partial charge < -0.3 is 5.32 Å². The fourth-order valence-electron chi connectivity index (χ4n) is 1.52. The monoisotopic (exact) mass is 241 g/mol. The summed E-state index contributed by atoms with van der Waals surface area (Å²) in [7, 11) is 0. The number of benzene rings is 2. The van der Waals surface area contributed by atoms with Crippen LogP contribution in [-0.2, 0) is 0 Å². The standard InChI is InChI=1S/C15H12FNO/c1-11(12-7-9-14(16)10-8-12)17-15(18)13-5-3-2-4-6-13/h2-10H,1H2,(H,17,18). The minimum absolute atomic E-state index is 0.232. The molecular weight excluding hydrogens is 229 g/mol. The van der Waals surface area contributed by atoms with E-state index in [2.05, 4.69) is 11.9 Å². The van der Waals surface area contributed by atoms with E-state index in [0.717, 1.165) is 0 Å². The summed E-state index contributed by atoms with van der Waals surface area (Å²) in [5.74, 6) is -0.550. The predicted molar refractivity (Wildman–Crippen MR) is 69.3 cm³/mol. The number of hydrogen-bond donors (Lipinski definition) is 1. The maximum Gasteiger partial charge on any atom is 0.255 e. The molecule has 0 aromatic heterocycles. The van der Waals surface area contributed by atoms with Gasteiger partial charge in [-0.1, -0.05) is 36.9 Å². The summed E-state index contributed by atoms with van der Waals surface area (Å²) in [6.07, 6.45) is 0. The van der Waals surface area contributed by atoms with Crippen LogP contribution < -0.4 is 5.32 Å². The molecule has 3 heteroatoms. The second kappa shape index (κ2) is 5.27. The van der Waals surface area contributed by atoms with Crippen LogP contribution in [0.25, 0.3) is 5.70 Å². The summed E-state index contributed by atoms with van der Waals surface area (Å²) in [4.78, 5) is 11.8. The number of halogens is 1. The Bertz CT molecular complexity index is 561. The van der Waals surface area contributed by atoms with Gasteiger partial charge in [-0.05, 0) is 29.8 Å². The number of rotatable bonds is 3. The van der Waals surface area contributed by atoms with E-state index in [1.165, 1.54) is 12.1 Å². The number of carbonyl (C=O) groups is 1. The van der Waals surface area contributed by atoms with Gasteiger partial charge >= 0.3 is 0 Å². The van der Waals surface area contributed by atoms with Crippen molar-refractivity contribution < 1.29 is 9.18 Å². The van der Waals surface area contributed by atoms with Gasteiger partial charge in [-0.2, -0.15) is 0 Å². The van der Waals surface area contributed by atoms with Gasteiger partial charge in [-0.3, -0.25) is 4.79 Å². The summed E-state index contributed by atoms with van der Waals surface area (Å²) in [5.41, 5.74) is 1.69. The minimum atomic E-state index is -0.319. The first-order valence-corrected chi connectivity index (χ1v) is 5.48. The molecule has 0 spiro atoms. The van der Waals surface area contributed by atoms with Gasteiger partial charge in [-0.15, -0.1) is 0 Å².